The quantitative estimate of drug-likeness (QED) is 0.619. The summed E-state index contributed by atoms with van der Waals surface area (Å²) in [6.45, 7) is 7.78. The first kappa shape index (κ1) is 14.9. The number of methoxy groups -OCH3 is 2. The molecule has 0 saturated carbocycles. The van der Waals surface area contributed by atoms with Crippen molar-refractivity contribution in [1.82, 2.24) is 0 Å². The van der Waals surface area contributed by atoms with E-state index in [-0.39, 0.29) is 5.97 Å². The molecule has 0 radical (unpaired) electrons. The van der Waals surface area contributed by atoms with E-state index in [0.717, 1.165) is 10.6 Å². The molecule has 0 atom stereocenters. The van der Waals surface area contributed by atoms with E-state index >= 15 is 0 Å². The van der Waals surface area contributed by atoms with Gasteiger partial charge >= 0.3 is 5.97 Å². The Morgan fingerprint density at radius 1 is 1.17 bits per heavy atom. The summed E-state index contributed by atoms with van der Waals surface area (Å²) in [5, 5.41) is 0. The zero-order valence-electron chi connectivity index (χ0n) is 11.8. The summed E-state index contributed by atoms with van der Waals surface area (Å²) in [6, 6.07) is 4.04. The van der Waals surface area contributed by atoms with Gasteiger partial charge in [-0.25, -0.2) is 0 Å². The molecule has 0 spiro atoms. The minimum absolute atomic E-state index is 0.243. The van der Waals surface area contributed by atoms with E-state index in [1.807, 2.05) is 39.8 Å². The van der Waals surface area contributed by atoms with Crippen molar-refractivity contribution < 1.29 is 14.3 Å². The maximum atomic E-state index is 11.7. The third kappa shape index (κ3) is 3.19. The van der Waals surface area contributed by atoms with Gasteiger partial charge in [0.2, 0.25) is 0 Å². The molecule has 100 valence electrons. The fourth-order valence-electron chi connectivity index (χ4n) is 1.56. The molecule has 0 unspecified atom stereocenters. The summed E-state index contributed by atoms with van der Waals surface area (Å²) in [5.41, 5.74) is 2.35. The number of hydrogen-bond donors (Lipinski definition) is 0. The summed E-state index contributed by atoms with van der Waals surface area (Å²) in [4.78, 5) is 12.7. The van der Waals surface area contributed by atoms with Crippen LogP contribution in [0.4, 0.5) is 0 Å². The highest BCUT2D eigenvalue weighted by Gasteiger charge is 2.31. The molecule has 1 rings (SSSR count). The lowest BCUT2D eigenvalue weighted by Crippen LogP contribution is -2.28. The third-order valence-electron chi connectivity index (χ3n) is 2.82. The smallest absolute Gasteiger partial charge is 0.321 e. The number of esters is 1. The summed E-state index contributed by atoms with van der Waals surface area (Å²) >= 11 is 1.45. The van der Waals surface area contributed by atoms with Crippen molar-refractivity contribution in [2.75, 3.05) is 14.2 Å². The molecule has 3 nitrogen and oxygen atoms in total. The SMILES string of the molecule is COC(=O)C(C)(C)Sc1cc(C)c(C)cc1OC. The van der Waals surface area contributed by atoms with Crippen LogP contribution < -0.4 is 4.74 Å². The summed E-state index contributed by atoms with van der Waals surface area (Å²) in [5.74, 6) is 0.549. The average Bonchev–Trinajstić information content (AvgIpc) is 2.31. The van der Waals surface area contributed by atoms with Gasteiger partial charge < -0.3 is 9.47 Å². The minimum Gasteiger partial charge on any atom is -0.496 e. The first-order valence-corrected chi connectivity index (χ1v) is 6.56. The maximum Gasteiger partial charge on any atom is 0.321 e. The van der Waals surface area contributed by atoms with Crippen LogP contribution in [0.1, 0.15) is 25.0 Å². The number of rotatable bonds is 4. The van der Waals surface area contributed by atoms with Crippen molar-refractivity contribution in [2.45, 2.75) is 37.3 Å². The Morgan fingerprint density at radius 2 is 1.72 bits per heavy atom. The van der Waals surface area contributed by atoms with Crippen LogP contribution in [0, 0.1) is 13.8 Å². The Hall–Kier alpha value is -1.16. The third-order valence-corrected chi connectivity index (χ3v) is 4.04. The first-order chi connectivity index (χ1) is 8.31. The zero-order chi connectivity index (χ0) is 13.9. The monoisotopic (exact) mass is 268 g/mol. The molecule has 0 aliphatic heterocycles. The molecule has 0 saturated heterocycles. The lowest BCUT2D eigenvalue weighted by Gasteiger charge is -2.22. The van der Waals surface area contributed by atoms with E-state index in [1.165, 1.54) is 30.0 Å². The number of benzene rings is 1. The number of carbonyl (C=O) groups excluding carboxylic acids is 1. The predicted octanol–water partition coefficient (Wildman–Crippen LogP) is 3.36. The molecule has 18 heavy (non-hydrogen) atoms. The number of hydrogen-bond acceptors (Lipinski definition) is 4. The lowest BCUT2D eigenvalue weighted by atomic mass is 10.1. The van der Waals surface area contributed by atoms with Crippen LogP contribution >= 0.6 is 11.8 Å². The second-order valence-electron chi connectivity index (χ2n) is 4.69. The van der Waals surface area contributed by atoms with Crippen LogP contribution in [-0.2, 0) is 9.53 Å². The Bertz CT molecular complexity index is 453. The van der Waals surface area contributed by atoms with Gasteiger partial charge in [0.25, 0.3) is 0 Å². The summed E-state index contributed by atoms with van der Waals surface area (Å²) in [7, 11) is 3.04. The van der Waals surface area contributed by atoms with Gasteiger partial charge in [-0.05, 0) is 51.0 Å². The highest BCUT2D eigenvalue weighted by molar-refractivity contribution is 8.01. The van der Waals surface area contributed by atoms with Crippen molar-refractivity contribution in [1.29, 1.82) is 0 Å². The van der Waals surface area contributed by atoms with Crippen LogP contribution in [0.25, 0.3) is 0 Å². The lowest BCUT2D eigenvalue weighted by molar-refractivity contribution is -0.142. The summed E-state index contributed by atoms with van der Waals surface area (Å²) < 4.78 is 9.55. The number of ether oxygens (including phenoxy) is 2. The minimum atomic E-state index is -0.635. The number of aryl methyl sites for hydroxylation is 2. The van der Waals surface area contributed by atoms with Crippen LogP contribution in [0.15, 0.2) is 17.0 Å². The van der Waals surface area contributed by atoms with Crippen molar-refractivity contribution >= 4 is 17.7 Å². The van der Waals surface area contributed by atoms with E-state index in [2.05, 4.69) is 0 Å². The van der Waals surface area contributed by atoms with Crippen molar-refractivity contribution in [3.8, 4) is 5.75 Å². The van der Waals surface area contributed by atoms with E-state index in [4.69, 9.17) is 9.47 Å². The van der Waals surface area contributed by atoms with Crippen molar-refractivity contribution in [3.63, 3.8) is 0 Å². The fourth-order valence-corrected chi connectivity index (χ4v) is 2.76. The van der Waals surface area contributed by atoms with Gasteiger partial charge in [0.05, 0.1) is 19.1 Å². The Labute approximate surface area is 113 Å². The predicted molar refractivity (Wildman–Crippen MR) is 74.4 cm³/mol. The molecule has 1 aromatic carbocycles. The van der Waals surface area contributed by atoms with E-state index < -0.39 is 4.75 Å². The van der Waals surface area contributed by atoms with E-state index in [9.17, 15) is 4.79 Å². The van der Waals surface area contributed by atoms with Crippen LogP contribution in [0.3, 0.4) is 0 Å². The molecule has 0 aliphatic rings. The van der Waals surface area contributed by atoms with Gasteiger partial charge in [-0.3, -0.25) is 4.79 Å². The Balaban J connectivity index is 3.10. The molecule has 0 aliphatic carbocycles. The molecule has 0 aromatic heterocycles. The van der Waals surface area contributed by atoms with Crippen molar-refractivity contribution in [2.24, 2.45) is 0 Å². The molecule has 0 heterocycles. The highest BCUT2D eigenvalue weighted by atomic mass is 32.2. The van der Waals surface area contributed by atoms with Gasteiger partial charge in [-0.1, -0.05) is 0 Å². The summed E-state index contributed by atoms with van der Waals surface area (Å²) in [6.07, 6.45) is 0. The molecule has 0 fully saturated rings. The van der Waals surface area contributed by atoms with Crippen LogP contribution in [0.5, 0.6) is 5.75 Å². The van der Waals surface area contributed by atoms with E-state index in [0.29, 0.717) is 0 Å². The normalized spacial score (nSPS) is 11.2. The molecule has 0 amide bonds. The second-order valence-corrected chi connectivity index (χ2v) is 6.36. The molecule has 4 heteroatoms. The van der Waals surface area contributed by atoms with Gasteiger partial charge in [0.1, 0.15) is 10.5 Å². The zero-order valence-corrected chi connectivity index (χ0v) is 12.6. The maximum absolute atomic E-state index is 11.7. The molecule has 1 aromatic rings. The first-order valence-electron chi connectivity index (χ1n) is 5.74. The number of thioether (sulfide) groups is 1. The van der Waals surface area contributed by atoms with Gasteiger partial charge in [0.15, 0.2) is 0 Å². The second kappa shape index (κ2) is 5.65. The topological polar surface area (TPSA) is 35.5 Å². The number of carbonyl (C=O) groups is 1. The van der Waals surface area contributed by atoms with Gasteiger partial charge in [-0.2, -0.15) is 0 Å². The van der Waals surface area contributed by atoms with Gasteiger partial charge in [-0.15, -0.1) is 11.8 Å². The Morgan fingerprint density at radius 3 is 2.22 bits per heavy atom. The standard InChI is InChI=1S/C14H20O3S/c1-9-7-11(16-5)12(8-10(9)2)18-14(3,4)13(15)17-6/h7-8H,1-6H3. The molecule has 0 bridgehead atoms. The molecular formula is C14H20O3S. The van der Waals surface area contributed by atoms with Gasteiger partial charge in [0, 0.05) is 0 Å². The highest BCUT2D eigenvalue weighted by Crippen LogP contribution is 2.40. The molecular weight excluding hydrogens is 248 g/mol. The Kier molecular flexibility index (Phi) is 4.68. The molecule has 0 N–H and O–H groups in total. The van der Waals surface area contributed by atoms with E-state index in [1.54, 1.807) is 7.11 Å². The largest absolute Gasteiger partial charge is 0.496 e. The van der Waals surface area contributed by atoms with Crippen LogP contribution in [-0.4, -0.2) is 24.9 Å². The average molecular weight is 268 g/mol. The van der Waals surface area contributed by atoms with Crippen molar-refractivity contribution in [3.05, 3.63) is 23.3 Å². The fraction of sp³-hybridized carbons (Fsp3) is 0.500. The van der Waals surface area contributed by atoms with Crippen LogP contribution in [0.2, 0.25) is 0 Å².